The number of aromatic amines is 1. The number of hydrogen-bond donors (Lipinski definition) is 3. The SMILES string of the molecule is CC(C)(C)c1cc(NC(=O)Nc2ccc(-c3cnc(-c4ccc(OCCN5CCOCC5)cc4F)[nH]3)cc2F)no1. The van der Waals surface area contributed by atoms with Gasteiger partial charge in [-0.2, -0.15) is 0 Å². The van der Waals surface area contributed by atoms with Crippen LogP contribution in [0.4, 0.5) is 25.1 Å². The van der Waals surface area contributed by atoms with E-state index in [1.54, 1.807) is 24.3 Å². The highest BCUT2D eigenvalue weighted by atomic mass is 19.1. The number of carbonyl (C=O) groups is 1. The second-order valence-electron chi connectivity index (χ2n) is 10.7. The van der Waals surface area contributed by atoms with Crippen LogP contribution in [0, 0.1) is 11.6 Å². The number of aromatic nitrogens is 3. The molecule has 4 aromatic rings. The number of anilines is 2. The summed E-state index contributed by atoms with van der Waals surface area (Å²) >= 11 is 0. The number of carbonyl (C=O) groups excluding carboxylic acids is 1. The van der Waals surface area contributed by atoms with Crippen molar-refractivity contribution in [3.05, 3.63) is 66.1 Å². The van der Waals surface area contributed by atoms with Crippen molar-refractivity contribution < 1.29 is 27.6 Å². The molecule has 2 amide bonds. The van der Waals surface area contributed by atoms with Crippen LogP contribution in [0.1, 0.15) is 26.5 Å². The number of hydrogen-bond acceptors (Lipinski definition) is 7. The largest absolute Gasteiger partial charge is 0.492 e. The number of morpholine rings is 1. The zero-order valence-corrected chi connectivity index (χ0v) is 23.1. The highest BCUT2D eigenvalue weighted by molar-refractivity contribution is 5.99. The van der Waals surface area contributed by atoms with Crippen molar-refractivity contribution in [2.24, 2.45) is 0 Å². The lowest BCUT2D eigenvalue weighted by Crippen LogP contribution is -2.38. The van der Waals surface area contributed by atoms with Crippen LogP contribution < -0.4 is 15.4 Å². The van der Waals surface area contributed by atoms with Crippen molar-refractivity contribution in [2.45, 2.75) is 26.2 Å². The van der Waals surface area contributed by atoms with Gasteiger partial charge in [0.2, 0.25) is 0 Å². The average molecular weight is 567 g/mol. The smallest absolute Gasteiger partial charge is 0.325 e. The normalized spacial score (nSPS) is 14.2. The summed E-state index contributed by atoms with van der Waals surface area (Å²) in [6.07, 6.45) is 1.49. The standard InChI is InChI=1S/C29H32F2N6O4/c1-29(2,3)25-16-26(36-41-25)35-28(38)34-23-7-4-18(14-22(23)31)24-17-32-27(33-24)20-6-5-19(15-21(20)30)40-13-10-37-8-11-39-12-9-37/h4-7,14-17H,8-13H2,1-3H3,(H,32,33)(H2,34,35,36,38). The molecule has 5 rings (SSSR count). The molecule has 0 unspecified atom stereocenters. The van der Waals surface area contributed by atoms with E-state index in [9.17, 15) is 13.6 Å². The van der Waals surface area contributed by atoms with Crippen LogP contribution in [0.3, 0.4) is 0 Å². The van der Waals surface area contributed by atoms with Crippen LogP contribution in [0.15, 0.2) is 53.2 Å². The van der Waals surface area contributed by atoms with E-state index in [4.69, 9.17) is 14.0 Å². The number of urea groups is 1. The number of benzene rings is 2. The molecule has 2 aromatic heterocycles. The van der Waals surface area contributed by atoms with Gasteiger partial charge >= 0.3 is 6.03 Å². The van der Waals surface area contributed by atoms with Crippen LogP contribution in [-0.4, -0.2) is 65.5 Å². The van der Waals surface area contributed by atoms with E-state index in [1.165, 1.54) is 24.4 Å². The van der Waals surface area contributed by atoms with E-state index in [1.807, 2.05) is 20.8 Å². The van der Waals surface area contributed by atoms with Gasteiger partial charge in [-0.15, -0.1) is 0 Å². The van der Waals surface area contributed by atoms with E-state index >= 15 is 0 Å². The average Bonchev–Trinajstić information content (AvgIpc) is 3.61. The molecule has 1 fully saturated rings. The predicted molar refractivity (Wildman–Crippen MR) is 150 cm³/mol. The summed E-state index contributed by atoms with van der Waals surface area (Å²) in [5.41, 5.74) is 0.917. The monoisotopic (exact) mass is 566 g/mol. The summed E-state index contributed by atoms with van der Waals surface area (Å²) in [6, 6.07) is 9.85. The fourth-order valence-corrected chi connectivity index (χ4v) is 4.24. The molecule has 12 heteroatoms. The molecule has 0 radical (unpaired) electrons. The third-order valence-electron chi connectivity index (χ3n) is 6.57. The summed E-state index contributed by atoms with van der Waals surface area (Å²) in [7, 11) is 0. The van der Waals surface area contributed by atoms with Gasteiger partial charge in [-0.3, -0.25) is 10.2 Å². The van der Waals surface area contributed by atoms with Gasteiger partial charge in [0.25, 0.3) is 0 Å². The van der Waals surface area contributed by atoms with Gasteiger partial charge in [0.15, 0.2) is 5.82 Å². The third kappa shape index (κ3) is 7.08. The van der Waals surface area contributed by atoms with E-state index in [-0.39, 0.29) is 22.5 Å². The van der Waals surface area contributed by atoms with Crippen LogP contribution in [0.2, 0.25) is 0 Å². The number of imidazole rings is 1. The summed E-state index contributed by atoms with van der Waals surface area (Å²) in [6.45, 7) is 10.2. The first kappa shape index (κ1) is 28.2. The summed E-state index contributed by atoms with van der Waals surface area (Å²) in [4.78, 5) is 21.9. The topological polar surface area (TPSA) is 118 Å². The van der Waals surface area contributed by atoms with Gasteiger partial charge in [-0.25, -0.2) is 18.6 Å². The number of nitrogens with zero attached hydrogens (tertiary/aromatic N) is 3. The zero-order chi connectivity index (χ0) is 29.0. The molecule has 2 aromatic carbocycles. The molecule has 1 aliphatic rings. The molecule has 216 valence electrons. The van der Waals surface area contributed by atoms with E-state index < -0.39 is 17.7 Å². The molecule has 1 saturated heterocycles. The Morgan fingerprint density at radius 1 is 1.07 bits per heavy atom. The minimum Gasteiger partial charge on any atom is -0.492 e. The van der Waals surface area contributed by atoms with Crippen molar-refractivity contribution >= 4 is 17.5 Å². The number of amides is 2. The van der Waals surface area contributed by atoms with Gasteiger partial charge in [0, 0.05) is 42.7 Å². The van der Waals surface area contributed by atoms with Gasteiger partial charge < -0.3 is 24.3 Å². The van der Waals surface area contributed by atoms with E-state index in [2.05, 4.69) is 30.7 Å². The fourth-order valence-electron chi connectivity index (χ4n) is 4.24. The first-order valence-electron chi connectivity index (χ1n) is 13.3. The van der Waals surface area contributed by atoms with E-state index in [0.717, 1.165) is 19.6 Å². The van der Waals surface area contributed by atoms with Crippen LogP contribution in [0.25, 0.3) is 22.6 Å². The second-order valence-corrected chi connectivity index (χ2v) is 10.7. The number of H-pyrrole nitrogens is 1. The van der Waals surface area contributed by atoms with Crippen LogP contribution in [0.5, 0.6) is 5.75 Å². The molecule has 0 saturated carbocycles. The molecule has 3 heterocycles. The first-order valence-corrected chi connectivity index (χ1v) is 13.3. The Bertz CT molecular complexity index is 1510. The molecule has 0 bridgehead atoms. The van der Waals surface area contributed by atoms with Gasteiger partial charge in [0.05, 0.1) is 36.4 Å². The van der Waals surface area contributed by atoms with Crippen molar-refractivity contribution in [1.82, 2.24) is 20.0 Å². The Hall–Kier alpha value is -4.29. The molecular weight excluding hydrogens is 534 g/mol. The zero-order valence-electron chi connectivity index (χ0n) is 23.1. The molecule has 0 aliphatic carbocycles. The maximum atomic E-state index is 14.9. The summed E-state index contributed by atoms with van der Waals surface area (Å²) in [5, 5.41) is 8.80. The van der Waals surface area contributed by atoms with Crippen molar-refractivity contribution in [1.29, 1.82) is 0 Å². The molecule has 0 spiro atoms. The maximum Gasteiger partial charge on any atom is 0.325 e. The maximum absolute atomic E-state index is 14.9. The van der Waals surface area contributed by atoms with E-state index in [0.29, 0.717) is 48.4 Å². The molecule has 41 heavy (non-hydrogen) atoms. The van der Waals surface area contributed by atoms with Crippen molar-refractivity contribution in [2.75, 3.05) is 50.1 Å². The lowest BCUT2D eigenvalue weighted by Gasteiger charge is -2.26. The quantitative estimate of drug-likeness (QED) is 0.252. The molecular formula is C29H32F2N6O4. The highest BCUT2D eigenvalue weighted by Gasteiger charge is 2.21. The minimum absolute atomic E-state index is 0.0271. The van der Waals surface area contributed by atoms with Crippen LogP contribution in [-0.2, 0) is 10.2 Å². The lowest BCUT2D eigenvalue weighted by molar-refractivity contribution is 0.0322. The Morgan fingerprint density at radius 3 is 2.59 bits per heavy atom. The Kier molecular flexibility index (Phi) is 8.31. The number of rotatable bonds is 8. The lowest BCUT2D eigenvalue weighted by atomic mass is 9.93. The highest BCUT2D eigenvalue weighted by Crippen LogP contribution is 2.29. The van der Waals surface area contributed by atoms with Gasteiger partial charge in [-0.1, -0.05) is 32.0 Å². The van der Waals surface area contributed by atoms with Gasteiger partial charge in [0.1, 0.15) is 35.6 Å². The van der Waals surface area contributed by atoms with Crippen molar-refractivity contribution in [3.8, 4) is 28.4 Å². The molecule has 0 atom stereocenters. The Morgan fingerprint density at radius 2 is 1.88 bits per heavy atom. The first-order chi connectivity index (χ1) is 19.7. The minimum atomic E-state index is -0.668. The summed E-state index contributed by atoms with van der Waals surface area (Å²) < 4.78 is 46.1. The third-order valence-corrected chi connectivity index (χ3v) is 6.57. The molecule has 3 N–H and O–H groups in total. The predicted octanol–water partition coefficient (Wildman–Crippen LogP) is 5.66. The molecule has 1 aliphatic heterocycles. The van der Waals surface area contributed by atoms with Gasteiger partial charge in [-0.05, 0) is 24.3 Å². The molecule has 10 nitrogen and oxygen atoms in total. The fraction of sp³-hybridized carbons (Fsp3) is 0.345. The number of nitrogens with one attached hydrogen (secondary N) is 3. The Balaban J connectivity index is 1.19. The summed E-state index contributed by atoms with van der Waals surface area (Å²) in [5.74, 6) is 0.391. The van der Waals surface area contributed by atoms with Crippen molar-refractivity contribution in [3.63, 3.8) is 0 Å². The van der Waals surface area contributed by atoms with Crippen LogP contribution >= 0.6 is 0 Å². The second kappa shape index (κ2) is 12.1. The number of halogens is 2. The number of ether oxygens (including phenoxy) is 2. The Labute approximate surface area is 236 Å².